The Kier molecular flexibility index (Phi) is 7.18. The second kappa shape index (κ2) is 9.47. The Morgan fingerprint density at radius 2 is 1.83 bits per heavy atom. The number of hydrogen-bond acceptors (Lipinski definition) is 3. The fourth-order valence-electron chi connectivity index (χ4n) is 4.67. The summed E-state index contributed by atoms with van der Waals surface area (Å²) in [6.07, 6.45) is 5.67. The molecule has 2 aromatic carbocycles. The summed E-state index contributed by atoms with van der Waals surface area (Å²) in [5.41, 5.74) is 5.15. The monoisotopic (exact) mass is 470 g/mol. The Hall–Kier alpha value is -1.94. The van der Waals surface area contributed by atoms with Gasteiger partial charge in [-0.3, -0.25) is 0 Å². The lowest BCUT2D eigenvalue weighted by Gasteiger charge is -2.32. The van der Waals surface area contributed by atoms with Gasteiger partial charge in [0.15, 0.2) is 0 Å². The van der Waals surface area contributed by atoms with Gasteiger partial charge < -0.3 is 14.5 Å². The molecule has 1 aliphatic heterocycles. The molecule has 0 aromatic heterocycles. The van der Waals surface area contributed by atoms with E-state index in [1.807, 2.05) is 6.92 Å². The maximum Gasteiger partial charge on any atom is 0.128 e. The lowest BCUT2D eigenvalue weighted by Crippen LogP contribution is -2.39. The van der Waals surface area contributed by atoms with Crippen molar-refractivity contribution in [2.45, 2.75) is 52.5 Å². The fraction of sp³-hybridized carbons (Fsp3) is 0.462. The molecule has 0 bridgehead atoms. The highest BCUT2D eigenvalue weighted by molar-refractivity contribution is 9.10. The summed E-state index contributed by atoms with van der Waals surface area (Å²) in [4.78, 5) is 4.76. The number of halogens is 1. The summed E-state index contributed by atoms with van der Waals surface area (Å²) >= 11 is 3.66. The first kappa shape index (κ1) is 22.7. The maximum atomic E-state index is 6.02. The minimum absolute atomic E-state index is 0.0668. The van der Waals surface area contributed by atoms with Crippen LogP contribution in [-0.4, -0.2) is 32.8 Å². The highest BCUT2D eigenvalue weighted by atomic mass is 79.9. The molecular weight excluding hydrogens is 436 g/mol. The Labute approximate surface area is 190 Å². The maximum absolute atomic E-state index is 6.02. The van der Waals surface area contributed by atoms with Crippen LogP contribution in [0.5, 0.6) is 5.75 Å². The molecule has 3 rings (SSSR count). The average molecular weight is 471 g/mol. The molecule has 162 valence electrons. The number of anilines is 2. The molecule has 2 unspecified atom stereocenters. The molecule has 1 aliphatic rings. The van der Waals surface area contributed by atoms with E-state index in [1.165, 1.54) is 16.9 Å². The largest absolute Gasteiger partial charge is 0.493 e. The first-order valence-electron chi connectivity index (χ1n) is 11.1. The summed E-state index contributed by atoms with van der Waals surface area (Å²) < 4.78 is 7.16. The Balaban J connectivity index is 1.96. The van der Waals surface area contributed by atoms with Crippen LogP contribution in [0, 0.1) is 0 Å². The molecule has 2 atom stereocenters. The normalized spacial score (nSPS) is 20.6. The lowest BCUT2D eigenvalue weighted by atomic mass is 9.76. The van der Waals surface area contributed by atoms with Crippen LogP contribution in [0.4, 0.5) is 11.4 Å². The van der Waals surface area contributed by atoms with Gasteiger partial charge in [0, 0.05) is 53.0 Å². The van der Waals surface area contributed by atoms with Gasteiger partial charge in [0.2, 0.25) is 0 Å². The molecule has 2 aromatic rings. The van der Waals surface area contributed by atoms with Gasteiger partial charge in [-0.15, -0.1) is 0 Å². The second-order valence-corrected chi connectivity index (χ2v) is 9.09. The van der Waals surface area contributed by atoms with Gasteiger partial charge in [-0.05, 0) is 63.1 Å². The van der Waals surface area contributed by atoms with Gasteiger partial charge >= 0.3 is 0 Å². The van der Waals surface area contributed by atoms with E-state index in [4.69, 9.17) is 4.74 Å². The first-order valence-corrected chi connectivity index (χ1v) is 11.9. The number of rotatable bonds is 8. The number of hydrogen-bond donors (Lipinski definition) is 0. The fourth-order valence-corrected chi connectivity index (χ4v) is 5.03. The number of ether oxygens (including phenoxy) is 1. The van der Waals surface area contributed by atoms with Crippen LogP contribution in [0.2, 0.25) is 0 Å². The van der Waals surface area contributed by atoms with Crippen LogP contribution in [-0.2, 0) is 5.41 Å². The number of benzene rings is 2. The zero-order valence-corrected chi connectivity index (χ0v) is 20.8. The van der Waals surface area contributed by atoms with E-state index in [1.54, 1.807) is 0 Å². The van der Waals surface area contributed by atoms with Crippen molar-refractivity contribution in [1.29, 1.82) is 0 Å². The quantitative estimate of drug-likeness (QED) is 0.417. The van der Waals surface area contributed by atoms with Gasteiger partial charge in [0.25, 0.3) is 0 Å². The lowest BCUT2D eigenvalue weighted by molar-refractivity contribution is 0.339. The van der Waals surface area contributed by atoms with E-state index in [2.05, 4.69) is 109 Å². The molecule has 4 heteroatoms. The predicted octanol–water partition coefficient (Wildman–Crippen LogP) is 6.89. The molecule has 0 aliphatic carbocycles. The minimum Gasteiger partial charge on any atom is -0.493 e. The van der Waals surface area contributed by atoms with Gasteiger partial charge in [0.1, 0.15) is 5.75 Å². The van der Waals surface area contributed by atoms with Crippen molar-refractivity contribution in [2.24, 2.45) is 0 Å². The molecule has 0 radical (unpaired) electrons. The minimum atomic E-state index is 0.0668. The topological polar surface area (TPSA) is 15.7 Å². The average Bonchev–Trinajstić information content (AvgIpc) is 2.95. The van der Waals surface area contributed by atoms with Gasteiger partial charge in [0.05, 0.1) is 12.6 Å². The molecule has 0 spiro atoms. The van der Waals surface area contributed by atoms with E-state index in [0.29, 0.717) is 12.6 Å². The van der Waals surface area contributed by atoms with Crippen molar-refractivity contribution >= 4 is 33.4 Å². The Morgan fingerprint density at radius 3 is 2.47 bits per heavy atom. The van der Waals surface area contributed by atoms with Crippen LogP contribution in [0.15, 0.2) is 46.9 Å². The van der Waals surface area contributed by atoms with Crippen LogP contribution in [0.1, 0.15) is 52.2 Å². The second-order valence-electron chi connectivity index (χ2n) is 8.17. The van der Waals surface area contributed by atoms with E-state index in [-0.39, 0.29) is 5.41 Å². The first-order chi connectivity index (χ1) is 14.4. The summed E-state index contributed by atoms with van der Waals surface area (Å²) in [6, 6.07) is 13.5. The van der Waals surface area contributed by atoms with Gasteiger partial charge in [-0.2, -0.15) is 0 Å². The van der Waals surface area contributed by atoms with Gasteiger partial charge in [-0.25, -0.2) is 0 Å². The van der Waals surface area contributed by atoms with Crippen LogP contribution < -0.4 is 14.5 Å². The Bertz CT molecular complexity index is 906. The smallest absolute Gasteiger partial charge is 0.128 e. The number of likely N-dealkylation sites (N-methyl/N-ethyl adjacent to an activating group) is 1. The summed E-state index contributed by atoms with van der Waals surface area (Å²) in [5, 5.41) is 0. The number of fused-ring (bicyclic) bond motifs is 1. The summed E-state index contributed by atoms with van der Waals surface area (Å²) in [5.74, 6) is 0.956. The van der Waals surface area contributed by atoms with E-state index in [0.717, 1.165) is 35.3 Å². The molecule has 30 heavy (non-hydrogen) atoms. The zero-order chi connectivity index (χ0) is 21.9. The van der Waals surface area contributed by atoms with E-state index in [9.17, 15) is 0 Å². The molecule has 0 saturated heterocycles. The predicted molar refractivity (Wildman–Crippen MR) is 134 cm³/mol. The summed E-state index contributed by atoms with van der Waals surface area (Å²) in [6.45, 7) is 13.7. The zero-order valence-electron chi connectivity index (χ0n) is 19.2. The van der Waals surface area contributed by atoms with Gasteiger partial charge in [-0.1, -0.05) is 41.9 Å². The SMILES string of the molecule is CCOc1cc(N(CC)CC)ccc1/C=C/C1N(C)c2ccc(Br)cc2C1(C)CC. The highest BCUT2D eigenvalue weighted by Gasteiger charge is 2.43. The third-order valence-corrected chi connectivity index (χ3v) is 7.14. The van der Waals surface area contributed by atoms with Crippen molar-refractivity contribution < 1.29 is 4.74 Å². The third kappa shape index (κ3) is 4.12. The van der Waals surface area contributed by atoms with Crippen molar-refractivity contribution in [3.05, 3.63) is 58.1 Å². The van der Waals surface area contributed by atoms with Crippen molar-refractivity contribution in [2.75, 3.05) is 36.5 Å². The standard InChI is InChI=1S/C26H35BrN2O/c1-7-26(5)22-17-20(27)13-15-23(22)28(6)25(26)16-12-19-11-14-21(29(8-2)9-3)18-24(19)30-10-4/h11-18,25H,7-10H2,1-6H3/b16-12+. The van der Waals surface area contributed by atoms with E-state index >= 15 is 0 Å². The van der Waals surface area contributed by atoms with Crippen molar-refractivity contribution in [1.82, 2.24) is 0 Å². The molecule has 1 heterocycles. The van der Waals surface area contributed by atoms with Crippen LogP contribution in [0.3, 0.4) is 0 Å². The molecule has 3 nitrogen and oxygen atoms in total. The Morgan fingerprint density at radius 1 is 1.10 bits per heavy atom. The number of nitrogens with zero attached hydrogens (tertiary/aromatic N) is 2. The van der Waals surface area contributed by atoms with Crippen LogP contribution in [0.25, 0.3) is 6.08 Å². The molecule has 0 amide bonds. The highest BCUT2D eigenvalue weighted by Crippen LogP contribution is 2.48. The molecular formula is C26H35BrN2O. The van der Waals surface area contributed by atoms with Crippen molar-refractivity contribution in [3.63, 3.8) is 0 Å². The van der Waals surface area contributed by atoms with Crippen LogP contribution >= 0.6 is 15.9 Å². The molecule has 0 N–H and O–H groups in total. The molecule has 0 fully saturated rings. The van der Waals surface area contributed by atoms with Crippen molar-refractivity contribution in [3.8, 4) is 5.75 Å². The molecule has 0 saturated carbocycles. The summed E-state index contributed by atoms with van der Waals surface area (Å²) in [7, 11) is 2.20. The van der Waals surface area contributed by atoms with E-state index < -0.39 is 0 Å². The third-order valence-electron chi connectivity index (χ3n) is 6.64.